The molecule has 0 radical (unpaired) electrons. The first-order valence-electron chi connectivity index (χ1n) is 4.65. The van der Waals surface area contributed by atoms with Crippen molar-refractivity contribution in [2.45, 2.75) is 20.8 Å². The molecule has 0 spiro atoms. The highest BCUT2D eigenvalue weighted by Crippen LogP contribution is 2.22. The summed E-state index contributed by atoms with van der Waals surface area (Å²) in [6.45, 7) is 5.78. The van der Waals surface area contributed by atoms with Gasteiger partial charge in [-0.05, 0) is 26.3 Å². The Morgan fingerprint density at radius 1 is 1.20 bits per heavy atom. The minimum Gasteiger partial charge on any atom is -0.366 e. The van der Waals surface area contributed by atoms with Crippen LogP contribution in [0.3, 0.4) is 0 Å². The van der Waals surface area contributed by atoms with Gasteiger partial charge < -0.3 is 4.90 Å². The van der Waals surface area contributed by atoms with Crippen LogP contribution in [-0.2, 0) is 0 Å². The number of rotatable bonds is 1. The van der Waals surface area contributed by atoms with Crippen LogP contribution in [0.15, 0.2) is 4.99 Å². The average Bonchev–Trinajstić information content (AvgIpc) is 2.18. The monoisotopic (exact) mass is 226 g/mol. The van der Waals surface area contributed by atoms with E-state index >= 15 is 0 Å². The first-order chi connectivity index (χ1) is 6.93. The molecule has 4 nitrogen and oxygen atoms in total. The quantitative estimate of drug-likeness (QED) is 0.545. The lowest BCUT2D eigenvalue weighted by Crippen LogP contribution is -2.18. The molecule has 0 amide bonds. The van der Waals surface area contributed by atoms with Crippen molar-refractivity contribution in [1.29, 1.82) is 0 Å². The van der Waals surface area contributed by atoms with Gasteiger partial charge in [0.05, 0.1) is 0 Å². The number of hydrogen-bond acceptors (Lipinski definition) is 3. The first-order valence-corrected chi connectivity index (χ1v) is 5.03. The molecule has 0 aliphatic carbocycles. The highest BCUT2D eigenvalue weighted by atomic mass is 35.5. The van der Waals surface area contributed by atoms with Crippen molar-refractivity contribution in [3.05, 3.63) is 16.3 Å². The van der Waals surface area contributed by atoms with Crippen molar-refractivity contribution in [3.8, 4) is 0 Å². The van der Waals surface area contributed by atoms with Gasteiger partial charge in [-0.2, -0.15) is 0 Å². The van der Waals surface area contributed by atoms with Gasteiger partial charge in [0.1, 0.15) is 5.84 Å². The molecular weight excluding hydrogens is 212 g/mol. The van der Waals surface area contributed by atoms with Crippen molar-refractivity contribution in [3.63, 3.8) is 0 Å². The van der Waals surface area contributed by atoms with Gasteiger partial charge >= 0.3 is 0 Å². The molecule has 0 N–H and O–H groups in total. The minimum atomic E-state index is 0.439. The fourth-order valence-corrected chi connectivity index (χ4v) is 1.10. The number of aliphatic imine (C=N–C) groups is 1. The van der Waals surface area contributed by atoms with E-state index in [0.29, 0.717) is 11.0 Å². The zero-order chi connectivity index (χ0) is 11.6. The van der Waals surface area contributed by atoms with E-state index in [2.05, 4.69) is 15.2 Å². The standard InChI is InChI=1S/C10H15ClN4/c1-6-7(2)10(14-13-9(6)11)12-8(3)15(4)5/h1-5H3. The summed E-state index contributed by atoms with van der Waals surface area (Å²) < 4.78 is 0. The Labute approximate surface area is 95.0 Å². The maximum Gasteiger partial charge on any atom is 0.179 e. The largest absolute Gasteiger partial charge is 0.366 e. The topological polar surface area (TPSA) is 41.4 Å². The Bertz CT molecular complexity index is 399. The van der Waals surface area contributed by atoms with Crippen LogP contribution in [0.5, 0.6) is 0 Å². The second-order valence-corrected chi connectivity index (χ2v) is 3.98. The van der Waals surface area contributed by atoms with Gasteiger partial charge in [0, 0.05) is 19.7 Å². The summed E-state index contributed by atoms with van der Waals surface area (Å²) >= 11 is 5.85. The fraction of sp³-hybridized carbons (Fsp3) is 0.500. The summed E-state index contributed by atoms with van der Waals surface area (Å²) in [5, 5.41) is 8.25. The van der Waals surface area contributed by atoms with Crippen molar-refractivity contribution < 1.29 is 0 Å². The SMILES string of the molecule is CC(=Nc1nnc(Cl)c(C)c1C)N(C)C. The Kier molecular flexibility index (Phi) is 3.63. The zero-order valence-corrected chi connectivity index (χ0v) is 10.4. The number of halogens is 1. The van der Waals surface area contributed by atoms with E-state index in [-0.39, 0.29) is 0 Å². The number of amidine groups is 1. The van der Waals surface area contributed by atoms with Crippen LogP contribution in [0.2, 0.25) is 5.15 Å². The smallest absolute Gasteiger partial charge is 0.179 e. The van der Waals surface area contributed by atoms with E-state index in [1.165, 1.54) is 0 Å². The van der Waals surface area contributed by atoms with Crippen LogP contribution in [0.25, 0.3) is 0 Å². The molecular formula is C10H15ClN4. The molecule has 0 aliphatic heterocycles. The van der Waals surface area contributed by atoms with Crippen LogP contribution in [0.4, 0.5) is 5.82 Å². The predicted molar refractivity (Wildman–Crippen MR) is 63.0 cm³/mol. The minimum absolute atomic E-state index is 0.439. The van der Waals surface area contributed by atoms with Gasteiger partial charge in [0.2, 0.25) is 0 Å². The number of aromatic nitrogens is 2. The molecule has 1 rings (SSSR count). The Balaban J connectivity index is 3.18. The van der Waals surface area contributed by atoms with Crippen LogP contribution < -0.4 is 0 Å². The normalized spacial score (nSPS) is 11.7. The summed E-state index contributed by atoms with van der Waals surface area (Å²) in [4.78, 5) is 6.29. The fourth-order valence-electron chi connectivity index (χ4n) is 0.923. The van der Waals surface area contributed by atoms with Crippen molar-refractivity contribution in [2.75, 3.05) is 14.1 Å². The Morgan fingerprint density at radius 3 is 2.33 bits per heavy atom. The lowest BCUT2D eigenvalue weighted by Gasteiger charge is -2.11. The third kappa shape index (κ3) is 2.65. The summed E-state index contributed by atoms with van der Waals surface area (Å²) in [6.07, 6.45) is 0. The lowest BCUT2D eigenvalue weighted by molar-refractivity contribution is 0.618. The van der Waals surface area contributed by atoms with Gasteiger partial charge in [0.25, 0.3) is 0 Å². The molecule has 0 aromatic carbocycles. The molecule has 0 saturated carbocycles. The van der Waals surface area contributed by atoms with E-state index in [1.807, 2.05) is 39.8 Å². The maximum atomic E-state index is 5.85. The highest BCUT2D eigenvalue weighted by Gasteiger charge is 2.07. The summed E-state index contributed by atoms with van der Waals surface area (Å²) in [5.74, 6) is 1.51. The lowest BCUT2D eigenvalue weighted by atomic mass is 10.2. The Hall–Kier alpha value is -1.16. The molecule has 0 unspecified atom stereocenters. The van der Waals surface area contributed by atoms with Gasteiger partial charge in [-0.25, -0.2) is 4.99 Å². The second kappa shape index (κ2) is 4.57. The molecule has 82 valence electrons. The summed E-state index contributed by atoms with van der Waals surface area (Å²) in [5.41, 5.74) is 1.90. The molecule has 1 aromatic heterocycles. The molecule has 0 bridgehead atoms. The molecule has 1 heterocycles. The van der Waals surface area contributed by atoms with E-state index in [9.17, 15) is 0 Å². The molecule has 0 saturated heterocycles. The van der Waals surface area contributed by atoms with Gasteiger partial charge in [-0.3, -0.25) is 0 Å². The van der Waals surface area contributed by atoms with E-state index in [4.69, 9.17) is 11.6 Å². The molecule has 0 aliphatic rings. The second-order valence-electron chi connectivity index (χ2n) is 3.62. The Morgan fingerprint density at radius 2 is 1.80 bits per heavy atom. The molecule has 0 atom stereocenters. The summed E-state index contributed by atoms with van der Waals surface area (Å²) in [6, 6.07) is 0. The molecule has 15 heavy (non-hydrogen) atoms. The average molecular weight is 227 g/mol. The van der Waals surface area contributed by atoms with Gasteiger partial charge in [-0.15, -0.1) is 10.2 Å². The van der Waals surface area contributed by atoms with Crippen LogP contribution in [0.1, 0.15) is 18.1 Å². The van der Waals surface area contributed by atoms with Crippen molar-refractivity contribution in [1.82, 2.24) is 15.1 Å². The van der Waals surface area contributed by atoms with Crippen LogP contribution >= 0.6 is 11.6 Å². The number of nitrogens with zero attached hydrogens (tertiary/aromatic N) is 4. The van der Waals surface area contributed by atoms with Gasteiger partial charge in [0.15, 0.2) is 11.0 Å². The van der Waals surface area contributed by atoms with Crippen LogP contribution in [0, 0.1) is 13.8 Å². The third-order valence-corrected chi connectivity index (χ3v) is 2.71. The van der Waals surface area contributed by atoms with Crippen LogP contribution in [-0.4, -0.2) is 35.0 Å². The highest BCUT2D eigenvalue weighted by molar-refractivity contribution is 6.30. The van der Waals surface area contributed by atoms with E-state index in [1.54, 1.807) is 0 Å². The molecule has 0 fully saturated rings. The summed E-state index contributed by atoms with van der Waals surface area (Å²) in [7, 11) is 3.87. The van der Waals surface area contributed by atoms with E-state index in [0.717, 1.165) is 17.0 Å². The van der Waals surface area contributed by atoms with Crippen molar-refractivity contribution in [2.24, 2.45) is 4.99 Å². The molecule has 1 aromatic rings. The zero-order valence-electron chi connectivity index (χ0n) is 9.67. The van der Waals surface area contributed by atoms with E-state index < -0.39 is 0 Å². The first kappa shape index (κ1) is 11.9. The molecule has 5 heteroatoms. The van der Waals surface area contributed by atoms with Gasteiger partial charge in [-0.1, -0.05) is 11.6 Å². The predicted octanol–water partition coefficient (Wildman–Crippen LogP) is 2.36. The van der Waals surface area contributed by atoms with Crippen molar-refractivity contribution >= 4 is 23.3 Å². The maximum absolute atomic E-state index is 5.85. The number of hydrogen-bond donors (Lipinski definition) is 0. The third-order valence-electron chi connectivity index (χ3n) is 2.35.